The first-order valence-electron chi connectivity index (χ1n) is 4.31. The van der Waals surface area contributed by atoms with Crippen LogP contribution in [0.1, 0.15) is 25.7 Å². The van der Waals surface area contributed by atoms with Crippen molar-refractivity contribution in [2.75, 3.05) is 0 Å². The van der Waals surface area contributed by atoms with Crippen molar-refractivity contribution in [3.63, 3.8) is 0 Å². The van der Waals surface area contributed by atoms with Crippen LogP contribution in [-0.2, 0) is 0 Å². The summed E-state index contributed by atoms with van der Waals surface area (Å²) in [5.74, 6) is 0.714. The van der Waals surface area contributed by atoms with Crippen LogP contribution in [0.25, 0.3) is 0 Å². The molecule has 0 aliphatic heterocycles. The topological polar surface area (TPSA) is 56.0 Å². The van der Waals surface area contributed by atoms with E-state index in [0.29, 0.717) is 5.92 Å². The molecule has 3 unspecified atom stereocenters. The lowest BCUT2D eigenvalue weighted by Gasteiger charge is -2.29. The highest BCUT2D eigenvalue weighted by Crippen LogP contribution is 2.31. The van der Waals surface area contributed by atoms with Gasteiger partial charge in [0.1, 0.15) is 0 Å². The average Bonchev–Trinajstić information content (AvgIpc) is 2.02. The van der Waals surface area contributed by atoms with E-state index in [4.69, 9.17) is 5.26 Å². The van der Waals surface area contributed by atoms with Crippen LogP contribution in [0.2, 0.25) is 0 Å². The molecule has 0 aromatic rings. The molecule has 1 aliphatic carbocycles. The Morgan fingerprint density at radius 3 is 2.67 bits per heavy atom. The summed E-state index contributed by atoms with van der Waals surface area (Å²) in [6, 6.07) is 1.77. The highest BCUT2D eigenvalue weighted by molar-refractivity contribution is 7.13. The first kappa shape index (κ1) is 9.92. The fraction of sp³-hybridized carbons (Fsp3) is 0.875. The Kier molecular flexibility index (Phi) is 3.94. The van der Waals surface area contributed by atoms with Crippen molar-refractivity contribution >= 4 is 9.39 Å². The van der Waals surface area contributed by atoms with Gasteiger partial charge in [-0.15, -0.1) is 0 Å². The van der Waals surface area contributed by atoms with E-state index < -0.39 is 6.10 Å². The minimum absolute atomic E-state index is 0.0784. The molecular formula is C8H15N2OP. The predicted octanol–water partition coefficient (Wildman–Crippen LogP) is 0.809. The Hall–Kier alpha value is -0.160. The molecule has 0 radical (unpaired) electrons. The summed E-state index contributed by atoms with van der Waals surface area (Å²) in [5, 5.41) is 20.6. The summed E-state index contributed by atoms with van der Waals surface area (Å²) in [5.41, 5.74) is 0. The number of nitriles is 1. The van der Waals surface area contributed by atoms with Gasteiger partial charge in [0.2, 0.25) is 0 Å². The quantitative estimate of drug-likeness (QED) is 0.504. The molecule has 2 N–H and O–H groups in total. The summed E-state index contributed by atoms with van der Waals surface area (Å²) >= 11 is 0. The summed E-state index contributed by atoms with van der Waals surface area (Å²) < 4.78 is 0. The molecule has 1 aliphatic rings. The Morgan fingerprint density at radius 1 is 1.67 bits per heavy atom. The minimum atomic E-state index is -0.872. The van der Waals surface area contributed by atoms with Gasteiger partial charge in [-0.05, 0) is 12.3 Å². The van der Waals surface area contributed by atoms with Crippen LogP contribution in [-0.4, -0.2) is 17.3 Å². The van der Waals surface area contributed by atoms with Crippen LogP contribution < -0.4 is 5.09 Å². The monoisotopic (exact) mass is 186 g/mol. The highest BCUT2D eigenvalue weighted by Gasteiger charge is 2.25. The van der Waals surface area contributed by atoms with Crippen LogP contribution in [0.4, 0.5) is 0 Å². The van der Waals surface area contributed by atoms with Gasteiger partial charge in [-0.25, -0.2) is 0 Å². The third-order valence-corrected chi connectivity index (χ3v) is 2.97. The molecule has 3 nitrogen and oxygen atoms in total. The molecule has 68 valence electrons. The molecule has 3 atom stereocenters. The van der Waals surface area contributed by atoms with Gasteiger partial charge in [-0.1, -0.05) is 28.7 Å². The molecule has 1 fully saturated rings. The van der Waals surface area contributed by atoms with Crippen LogP contribution >= 0.6 is 9.39 Å². The van der Waals surface area contributed by atoms with Crippen molar-refractivity contribution in [1.82, 2.24) is 5.09 Å². The molecule has 4 heteroatoms. The number of rotatable bonds is 4. The van der Waals surface area contributed by atoms with Gasteiger partial charge < -0.3 is 5.11 Å². The summed E-state index contributed by atoms with van der Waals surface area (Å²) in [4.78, 5) is 0. The van der Waals surface area contributed by atoms with Crippen molar-refractivity contribution in [2.24, 2.45) is 5.92 Å². The maximum absolute atomic E-state index is 9.25. The van der Waals surface area contributed by atoms with E-state index in [1.165, 1.54) is 19.3 Å². The van der Waals surface area contributed by atoms with Crippen molar-refractivity contribution in [3.05, 3.63) is 0 Å². The smallest absolute Gasteiger partial charge is 0.155 e. The van der Waals surface area contributed by atoms with Crippen LogP contribution in [0.15, 0.2) is 0 Å². The van der Waals surface area contributed by atoms with Gasteiger partial charge in [0.25, 0.3) is 0 Å². The van der Waals surface area contributed by atoms with Gasteiger partial charge in [0, 0.05) is 6.04 Å². The third-order valence-electron chi connectivity index (χ3n) is 2.54. The number of hydrogen-bond acceptors (Lipinski definition) is 3. The summed E-state index contributed by atoms with van der Waals surface area (Å²) in [7, 11) is 2.37. The molecule has 12 heavy (non-hydrogen) atoms. The Balaban J connectivity index is 2.29. The van der Waals surface area contributed by atoms with Gasteiger partial charge in [-0.2, -0.15) is 5.26 Å². The van der Waals surface area contributed by atoms with Crippen LogP contribution in [0.5, 0.6) is 0 Å². The van der Waals surface area contributed by atoms with Crippen LogP contribution in [0.3, 0.4) is 0 Å². The van der Waals surface area contributed by atoms with Gasteiger partial charge in [-0.3, -0.25) is 5.09 Å². The van der Waals surface area contributed by atoms with E-state index >= 15 is 0 Å². The number of aliphatic hydroxyl groups excluding tert-OH is 1. The largest absolute Gasteiger partial charge is 0.376 e. The van der Waals surface area contributed by atoms with E-state index in [0.717, 1.165) is 6.42 Å². The van der Waals surface area contributed by atoms with E-state index in [1.54, 1.807) is 0 Å². The average molecular weight is 186 g/mol. The molecule has 0 amide bonds. The number of nitrogens with zero attached hydrogens (tertiary/aromatic N) is 1. The zero-order chi connectivity index (χ0) is 8.97. The second-order valence-electron chi connectivity index (χ2n) is 3.38. The molecule has 0 saturated heterocycles. The van der Waals surface area contributed by atoms with Crippen molar-refractivity contribution in [1.29, 1.82) is 5.26 Å². The van der Waals surface area contributed by atoms with E-state index in [9.17, 15) is 5.11 Å². The Bertz CT molecular complexity index is 176. The minimum Gasteiger partial charge on any atom is -0.376 e. The maximum Gasteiger partial charge on any atom is 0.155 e. The summed E-state index contributed by atoms with van der Waals surface area (Å²) in [6.07, 6.45) is 3.85. The van der Waals surface area contributed by atoms with Crippen LogP contribution in [0, 0.1) is 17.2 Å². The van der Waals surface area contributed by atoms with Crippen molar-refractivity contribution < 1.29 is 5.11 Å². The molecule has 0 bridgehead atoms. The molecule has 0 heterocycles. The lowest BCUT2D eigenvalue weighted by molar-refractivity contribution is 0.157. The number of hydrogen-bond donors (Lipinski definition) is 2. The second kappa shape index (κ2) is 4.77. The molecule has 0 aromatic heterocycles. The van der Waals surface area contributed by atoms with Gasteiger partial charge in [0.05, 0.1) is 6.07 Å². The Labute approximate surface area is 75.4 Å². The standard InChI is InChI=1S/C8H15N2OP/c9-5-8(11)7(10-12)4-6-2-1-3-6/h6-8,10-11H,1-4,12H2. The first-order chi connectivity index (χ1) is 5.77. The normalized spacial score (nSPS) is 22.4. The van der Waals surface area contributed by atoms with E-state index in [2.05, 4.69) is 14.5 Å². The molecular weight excluding hydrogens is 171 g/mol. The number of aliphatic hydroxyl groups is 1. The first-order valence-corrected chi connectivity index (χ1v) is 4.89. The summed E-state index contributed by atoms with van der Waals surface area (Å²) in [6.45, 7) is 0. The lowest BCUT2D eigenvalue weighted by Crippen LogP contribution is -2.36. The van der Waals surface area contributed by atoms with Gasteiger partial charge >= 0.3 is 0 Å². The molecule has 0 spiro atoms. The number of nitrogens with one attached hydrogen (secondary N) is 1. The SMILES string of the molecule is N#CC(O)C(CC1CCC1)NP. The van der Waals surface area contributed by atoms with E-state index in [-0.39, 0.29) is 6.04 Å². The molecule has 1 rings (SSSR count). The predicted molar refractivity (Wildman–Crippen MR) is 50.2 cm³/mol. The zero-order valence-corrected chi connectivity index (χ0v) is 8.19. The maximum atomic E-state index is 9.25. The molecule has 1 saturated carbocycles. The second-order valence-corrected chi connectivity index (χ2v) is 3.71. The Morgan fingerprint density at radius 2 is 2.33 bits per heavy atom. The third kappa shape index (κ3) is 2.42. The highest BCUT2D eigenvalue weighted by atomic mass is 31.0. The van der Waals surface area contributed by atoms with Crippen molar-refractivity contribution in [3.8, 4) is 6.07 Å². The zero-order valence-electron chi connectivity index (χ0n) is 7.03. The van der Waals surface area contributed by atoms with Gasteiger partial charge in [0.15, 0.2) is 6.10 Å². The fourth-order valence-corrected chi connectivity index (χ4v) is 1.78. The fourth-order valence-electron chi connectivity index (χ4n) is 1.47. The lowest BCUT2D eigenvalue weighted by atomic mass is 9.80. The van der Waals surface area contributed by atoms with E-state index in [1.807, 2.05) is 6.07 Å². The molecule has 0 aromatic carbocycles. The van der Waals surface area contributed by atoms with Crippen molar-refractivity contribution in [2.45, 2.75) is 37.8 Å².